The van der Waals surface area contributed by atoms with Crippen molar-refractivity contribution in [1.82, 2.24) is 4.31 Å². The molecule has 1 aliphatic heterocycles. The van der Waals surface area contributed by atoms with Crippen molar-refractivity contribution in [3.63, 3.8) is 0 Å². The van der Waals surface area contributed by atoms with Crippen molar-refractivity contribution in [2.75, 3.05) is 25.0 Å². The SMILES string of the molecule is C/C=C/C(=O)OCC(=O)Nc1cc(S(=O)(=O)N2CCCCC2)ccc1OC(C)C. The van der Waals surface area contributed by atoms with Crippen LogP contribution in [0, 0.1) is 0 Å². The van der Waals surface area contributed by atoms with Gasteiger partial charge in [0.25, 0.3) is 5.91 Å². The normalized spacial score (nSPS) is 15.4. The molecule has 0 bridgehead atoms. The maximum Gasteiger partial charge on any atom is 0.330 e. The second-order valence-corrected chi connectivity index (χ2v) is 8.88. The van der Waals surface area contributed by atoms with Crippen LogP contribution in [0.3, 0.4) is 0 Å². The van der Waals surface area contributed by atoms with Crippen LogP contribution in [0.15, 0.2) is 35.2 Å². The van der Waals surface area contributed by atoms with Crippen molar-refractivity contribution >= 4 is 27.6 Å². The highest BCUT2D eigenvalue weighted by Gasteiger charge is 2.27. The van der Waals surface area contributed by atoms with E-state index in [0.717, 1.165) is 19.3 Å². The minimum absolute atomic E-state index is 0.0803. The summed E-state index contributed by atoms with van der Waals surface area (Å²) < 4.78 is 37.8. The molecule has 1 aliphatic rings. The van der Waals surface area contributed by atoms with E-state index in [-0.39, 0.29) is 16.7 Å². The smallest absolute Gasteiger partial charge is 0.330 e. The third kappa shape index (κ3) is 6.57. The van der Waals surface area contributed by atoms with Crippen molar-refractivity contribution in [3.8, 4) is 5.75 Å². The zero-order valence-corrected chi connectivity index (χ0v) is 17.8. The number of carbonyl (C=O) groups is 2. The molecule has 0 atom stereocenters. The maximum absolute atomic E-state index is 12.9. The van der Waals surface area contributed by atoms with Gasteiger partial charge in [-0.25, -0.2) is 13.2 Å². The lowest BCUT2D eigenvalue weighted by Gasteiger charge is -2.26. The summed E-state index contributed by atoms with van der Waals surface area (Å²) >= 11 is 0. The highest BCUT2D eigenvalue weighted by Crippen LogP contribution is 2.31. The van der Waals surface area contributed by atoms with Gasteiger partial charge in [-0.15, -0.1) is 0 Å². The Bertz CT molecular complexity index is 858. The molecule has 1 fully saturated rings. The molecule has 0 aliphatic carbocycles. The highest BCUT2D eigenvalue weighted by atomic mass is 32.2. The molecule has 0 radical (unpaired) electrons. The van der Waals surface area contributed by atoms with Crippen LogP contribution in [0.25, 0.3) is 0 Å². The summed E-state index contributed by atoms with van der Waals surface area (Å²) in [6, 6.07) is 4.38. The van der Waals surface area contributed by atoms with Gasteiger partial charge in [0.1, 0.15) is 5.75 Å². The number of nitrogens with one attached hydrogen (secondary N) is 1. The zero-order chi connectivity index (χ0) is 21.4. The fraction of sp³-hybridized carbons (Fsp3) is 0.500. The van der Waals surface area contributed by atoms with Gasteiger partial charge in [-0.1, -0.05) is 12.5 Å². The third-order valence-corrected chi connectivity index (χ3v) is 6.08. The van der Waals surface area contributed by atoms with Gasteiger partial charge in [-0.2, -0.15) is 4.31 Å². The van der Waals surface area contributed by atoms with Gasteiger partial charge in [-0.3, -0.25) is 4.79 Å². The number of esters is 1. The Kier molecular flexibility index (Phi) is 8.21. The molecule has 1 saturated heterocycles. The van der Waals surface area contributed by atoms with Crippen LogP contribution in [0.5, 0.6) is 5.75 Å². The van der Waals surface area contributed by atoms with Crippen LogP contribution in [0.2, 0.25) is 0 Å². The highest BCUT2D eigenvalue weighted by molar-refractivity contribution is 7.89. The fourth-order valence-electron chi connectivity index (χ4n) is 2.89. The van der Waals surface area contributed by atoms with E-state index in [1.165, 1.54) is 34.7 Å². The summed E-state index contributed by atoms with van der Waals surface area (Å²) in [5, 5.41) is 2.58. The summed E-state index contributed by atoms with van der Waals surface area (Å²) in [6.45, 7) is 5.77. The van der Waals surface area contributed by atoms with Crippen molar-refractivity contribution in [2.45, 2.75) is 51.0 Å². The molecule has 1 N–H and O–H groups in total. The second kappa shape index (κ2) is 10.4. The summed E-state index contributed by atoms with van der Waals surface area (Å²) in [5.41, 5.74) is 0.212. The molecule has 1 amide bonds. The standard InChI is InChI=1S/C20H28N2O6S/c1-4-8-20(24)27-14-19(23)21-17-13-16(9-10-18(17)28-15(2)3)29(25,26)22-11-6-5-7-12-22/h4,8-10,13,15H,5-7,11-12,14H2,1-3H3,(H,21,23)/b8-4+. The quantitative estimate of drug-likeness (QED) is 0.509. The predicted octanol–water partition coefficient (Wildman–Crippen LogP) is 2.71. The summed E-state index contributed by atoms with van der Waals surface area (Å²) in [4.78, 5) is 23.6. The first-order chi connectivity index (χ1) is 13.7. The molecule has 2 rings (SSSR count). The number of anilines is 1. The average molecular weight is 425 g/mol. The van der Waals surface area contributed by atoms with Crippen LogP contribution in [0.1, 0.15) is 40.0 Å². The van der Waals surface area contributed by atoms with Gasteiger partial charge in [0, 0.05) is 19.2 Å². The minimum atomic E-state index is -3.67. The largest absolute Gasteiger partial charge is 0.489 e. The number of carbonyl (C=O) groups excluding carboxylic acids is 2. The van der Waals surface area contributed by atoms with E-state index in [9.17, 15) is 18.0 Å². The number of hydrogen-bond donors (Lipinski definition) is 1. The molecule has 0 spiro atoms. The Labute approximate surface area is 171 Å². The monoisotopic (exact) mass is 424 g/mol. The molecule has 8 nitrogen and oxygen atoms in total. The molecular weight excluding hydrogens is 396 g/mol. The molecule has 0 saturated carbocycles. The molecule has 160 valence electrons. The molecule has 1 aromatic carbocycles. The molecule has 1 aromatic rings. The molecule has 9 heteroatoms. The predicted molar refractivity (Wildman–Crippen MR) is 109 cm³/mol. The Hall–Kier alpha value is -2.39. The Balaban J connectivity index is 2.24. The third-order valence-electron chi connectivity index (χ3n) is 4.19. The van der Waals surface area contributed by atoms with Gasteiger partial charge in [0.05, 0.1) is 16.7 Å². The lowest BCUT2D eigenvalue weighted by atomic mass is 10.2. The van der Waals surface area contributed by atoms with Crippen molar-refractivity contribution < 1.29 is 27.5 Å². The first kappa shape index (κ1) is 22.9. The zero-order valence-electron chi connectivity index (χ0n) is 17.0. The number of piperidine rings is 1. The molecule has 1 heterocycles. The van der Waals surface area contributed by atoms with Gasteiger partial charge in [0.2, 0.25) is 10.0 Å². The van der Waals surface area contributed by atoms with Crippen LogP contribution >= 0.6 is 0 Å². The molecular formula is C20H28N2O6S. The Morgan fingerprint density at radius 3 is 2.52 bits per heavy atom. The molecule has 0 unspecified atom stereocenters. The lowest BCUT2D eigenvalue weighted by molar-refractivity contribution is -0.142. The summed E-state index contributed by atoms with van der Waals surface area (Å²) in [6.07, 6.45) is 5.20. The van der Waals surface area contributed by atoms with E-state index in [1.54, 1.807) is 6.92 Å². The van der Waals surface area contributed by atoms with E-state index in [1.807, 2.05) is 13.8 Å². The first-order valence-electron chi connectivity index (χ1n) is 9.64. The summed E-state index contributed by atoms with van der Waals surface area (Å²) in [5.74, 6) is -0.891. The number of nitrogens with zero attached hydrogens (tertiary/aromatic N) is 1. The molecule has 29 heavy (non-hydrogen) atoms. The van der Waals surface area contributed by atoms with Crippen molar-refractivity contribution in [1.29, 1.82) is 0 Å². The Morgan fingerprint density at radius 2 is 1.90 bits per heavy atom. The molecule has 0 aromatic heterocycles. The van der Waals surface area contributed by atoms with E-state index in [4.69, 9.17) is 9.47 Å². The minimum Gasteiger partial charge on any atom is -0.489 e. The number of hydrogen-bond acceptors (Lipinski definition) is 6. The number of allylic oxidation sites excluding steroid dienone is 1. The van der Waals surface area contributed by atoms with Crippen molar-refractivity contribution in [3.05, 3.63) is 30.4 Å². The van der Waals surface area contributed by atoms with Gasteiger partial charge >= 0.3 is 5.97 Å². The van der Waals surface area contributed by atoms with Crippen LogP contribution < -0.4 is 10.1 Å². The second-order valence-electron chi connectivity index (χ2n) is 6.95. The van der Waals surface area contributed by atoms with Gasteiger partial charge < -0.3 is 14.8 Å². The average Bonchev–Trinajstić information content (AvgIpc) is 2.68. The number of ether oxygens (including phenoxy) is 2. The van der Waals surface area contributed by atoms with E-state index in [2.05, 4.69) is 5.32 Å². The van der Waals surface area contributed by atoms with E-state index < -0.39 is 28.5 Å². The topological polar surface area (TPSA) is 102 Å². The lowest BCUT2D eigenvalue weighted by Crippen LogP contribution is -2.35. The first-order valence-corrected chi connectivity index (χ1v) is 11.1. The van der Waals surface area contributed by atoms with Gasteiger partial charge in [-0.05, 0) is 51.8 Å². The van der Waals surface area contributed by atoms with E-state index in [0.29, 0.717) is 18.8 Å². The van der Waals surface area contributed by atoms with Gasteiger partial charge in [0.15, 0.2) is 6.61 Å². The fourth-order valence-corrected chi connectivity index (χ4v) is 4.43. The van der Waals surface area contributed by atoms with Crippen molar-refractivity contribution in [2.24, 2.45) is 0 Å². The number of sulfonamides is 1. The van der Waals surface area contributed by atoms with Crippen LogP contribution in [-0.2, 0) is 24.3 Å². The number of benzene rings is 1. The number of rotatable bonds is 8. The van der Waals surface area contributed by atoms with Crippen LogP contribution in [0.4, 0.5) is 5.69 Å². The van der Waals surface area contributed by atoms with Crippen LogP contribution in [-0.4, -0.2) is 50.4 Å². The summed E-state index contributed by atoms with van der Waals surface area (Å²) in [7, 11) is -3.67. The maximum atomic E-state index is 12.9. The number of amides is 1. The van der Waals surface area contributed by atoms with E-state index >= 15 is 0 Å². The Morgan fingerprint density at radius 1 is 1.21 bits per heavy atom.